The summed E-state index contributed by atoms with van der Waals surface area (Å²) in [5.41, 5.74) is 2.93. The van der Waals surface area contributed by atoms with Gasteiger partial charge in [0.05, 0.1) is 31.3 Å². The zero-order chi connectivity index (χ0) is 26.8. The molecule has 4 N–H and O–H groups in total. The molecule has 9 heteroatoms. The lowest BCUT2D eigenvalue weighted by atomic mass is 9.97. The Labute approximate surface area is 219 Å². The lowest BCUT2D eigenvalue weighted by Gasteiger charge is -2.23. The number of nitrogens with one attached hydrogen (secondary N) is 2. The average Bonchev–Trinajstić information content (AvgIpc) is 2.85. The number of aliphatic hydroxyl groups is 1. The fourth-order valence-electron chi connectivity index (χ4n) is 4.06. The summed E-state index contributed by atoms with van der Waals surface area (Å²) in [6.07, 6.45) is 1.25. The van der Waals surface area contributed by atoms with E-state index in [1.54, 1.807) is 6.07 Å². The molecule has 0 radical (unpaired) electrons. The maximum Gasteiger partial charge on any atom is 0.229 e. The molecule has 37 heavy (non-hydrogen) atoms. The van der Waals surface area contributed by atoms with Crippen molar-refractivity contribution in [2.45, 2.75) is 38.8 Å². The monoisotopic (exact) mass is 528 g/mol. The first kappa shape index (κ1) is 28.3. The van der Waals surface area contributed by atoms with Crippen LogP contribution in [0, 0.1) is 0 Å². The van der Waals surface area contributed by atoms with Crippen molar-refractivity contribution in [3.8, 4) is 17.2 Å². The predicted molar refractivity (Wildman–Crippen MR) is 146 cm³/mol. The molecule has 8 nitrogen and oxygen atoms in total. The van der Waals surface area contributed by atoms with E-state index in [-0.39, 0.29) is 23.9 Å². The van der Waals surface area contributed by atoms with Gasteiger partial charge in [0, 0.05) is 12.6 Å². The third kappa shape index (κ3) is 8.96. The fraction of sp³-hybridized carbons (Fsp3) is 0.357. The fourth-order valence-corrected chi connectivity index (χ4v) is 4.62. The number of phenols is 1. The van der Waals surface area contributed by atoms with E-state index in [0.717, 1.165) is 17.4 Å². The molecule has 3 rings (SSSR count). The zero-order valence-electron chi connectivity index (χ0n) is 21.5. The zero-order valence-corrected chi connectivity index (χ0v) is 22.3. The molecule has 0 bridgehead atoms. The van der Waals surface area contributed by atoms with Gasteiger partial charge in [-0.3, -0.25) is 4.72 Å². The Morgan fingerprint density at radius 2 is 1.57 bits per heavy atom. The van der Waals surface area contributed by atoms with Gasteiger partial charge in [0.1, 0.15) is 5.75 Å². The smallest absolute Gasteiger partial charge is 0.229 e. The maximum atomic E-state index is 11.6. The largest absolute Gasteiger partial charge is 0.506 e. The van der Waals surface area contributed by atoms with Crippen molar-refractivity contribution in [2.24, 2.45) is 0 Å². The van der Waals surface area contributed by atoms with Crippen molar-refractivity contribution < 1.29 is 28.1 Å². The minimum atomic E-state index is -3.55. The van der Waals surface area contributed by atoms with Crippen LogP contribution in [0.2, 0.25) is 0 Å². The number of ether oxygens (including phenoxy) is 2. The van der Waals surface area contributed by atoms with Gasteiger partial charge in [-0.2, -0.15) is 0 Å². The molecule has 0 amide bonds. The molecule has 0 spiro atoms. The molecule has 0 fully saturated rings. The van der Waals surface area contributed by atoms with Gasteiger partial charge in [-0.1, -0.05) is 42.5 Å². The highest BCUT2D eigenvalue weighted by atomic mass is 32.2. The SMILES string of the molecule is CCOc1ccc([C@@H](Cc2ccccc2)NC[C@@H](O)Cc2ccc(O)c(NS(C)(=O)=O)c2)cc1OCC. The Morgan fingerprint density at radius 3 is 2.24 bits per heavy atom. The van der Waals surface area contributed by atoms with Gasteiger partial charge in [0.25, 0.3) is 0 Å². The van der Waals surface area contributed by atoms with E-state index in [4.69, 9.17) is 9.47 Å². The Kier molecular flexibility index (Phi) is 10.2. The van der Waals surface area contributed by atoms with Gasteiger partial charge >= 0.3 is 0 Å². The lowest BCUT2D eigenvalue weighted by molar-refractivity contribution is 0.167. The third-order valence-corrected chi connectivity index (χ3v) is 6.27. The standard InChI is InChI=1S/C28H36N2O6S/c1-4-35-27-14-12-22(18-28(27)36-5-2)24(16-20-9-7-6-8-10-20)29-19-23(31)15-21-11-13-26(32)25(17-21)30-37(3,33)34/h6-14,17-18,23-24,29-32H,4-5,15-16,19H2,1-3H3/t23-,24+/m0/s1. The molecule has 0 aliphatic heterocycles. The topological polar surface area (TPSA) is 117 Å². The first-order valence-corrected chi connectivity index (χ1v) is 14.2. The van der Waals surface area contributed by atoms with Crippen LogP contribution in [0.4, 0.5) is 5.69 Å². The molecule has 3 aromatic carbocycles. The van der Waals surface area contributed by atoms with E-state index < -0.39 is 16.1 Å². The van der Waals surface area contributed by atoms with E-state index in [1.165, 1.54) is 12.1 Å². The number of anilines is 1. The molecule has 200 valence electrons. The summed E-state index contributed by atoms with van der Waals surface area (Å²) in [7, 11) is -3.55. The highest BCUT2D eigenvalue weighted by Gasteiger charge is 2.18. The summed E-state index contributed by atoms with van der Waals surface area (Å²) in [5.74, 6) is 1.19. The molecule has 0 saturated heterocycles. The summed E-state index contributed by atoms with van der Waals surface area (Å²) < 4.78 is 37.0. The van der Waals surface area contributed by atoms with Crippen molar-refractivity contribution in [2.75, 3.05) is 30.7 Å². The molecule has 0 unspecified atom stereocenters. The summed E-state index contributed by atoms with van der Waals surface area (Å²) >= 11 is 0. The second-order valence-corrected chi connectivity index (χ2v) is 10.6. The Balaban J connectivity index is 1.76. The van der Waals surface area contributed by atoms with E-state index in [9.17, 15) is 18.6 Å². The van der Waals surface area contributed by atoms with Crippen LogP contribution < -0.4 is 19.5 Å². The number of hydrogen-bond acceptors (Lipinski definition) is 7. The van der Waals surface area contributed by atoms with Gasteiger partial charge in [-0.25, -0.2) is 8.42 Å². The minimum absolute atomic E-state index is 0.0833. The van der Waals surface area contributed by atoms with Crippen LogP contribution in [0.25, 0.3) is 0 Å². The van der Waals surface area contributed by atoms with Gasteiger partial charge < -0.3 is 25.0 Å². The number of aromatic hydroxyl groups is 1. The van der Waals surface area contributed by atoms with E-state index >= 15 is 0 Å². The van der Waals surface area contributed by atoms with Crippen LogP contribution >= 0.6 is 0 Å². The number of sulfonamides is 1. The second-order valence-electron chi connectivity index (χ2n) is 8.81. The number of phenolic OH excluding ortho intramolecular Hbond substituents is 1. The summed E-state index contributed by atoms with van der Waals surface area (Å²) in [4.78, 5) is 0. The normalized spacial score (nSPS) is 13.1. The molecular weight excluding hydrogens is 492 g/mol. The molecular formula is C28H36N2O6S. The maximum absolute atomic E-state index is 11.6. The molecule has 0 saturated carbocycles. The number of rotatable bonds is 14. The number of aliphatic hydroxyl groups excluding tert-OH is 1. The van der Waals surface area contributed by atoms with Gasteiger partial charge in [0.2, 0.25) is 10.0 Å². The van der Waals surface area contributed by atoms with Crippen LogP contribution in [-0.4, -0.2) is 50.7 Å². The lowest BCUT2D eigenvalue weighted by Crippen LogP contribution is -2.32. The van der Waals surface area contributed by atoms with Crippen molar-refractivity contribution in [3.05, 3.63) is 83.4 Å². The number of benzene rings is 3. The summed E-state index contributed by atoms with van der Waals surface area (Å²) in [6.45, 7) is 5.21. The highest BCUT2D eigenvalue weighted by Crippen LogP contribution is 2.32. The molecule has 2 atom stereocenters. The van der Waals surface area contributed by atoms with Gasteiger partial charge in [0.15, 0.2) is 11.5 Å². The van der Waals surface area contributed by atoms with Crippen molar-refractivity contribution >= 4 is 15.7 Å². The molecule has 0 aromatic heterocycles. The number of hydrogen-bond donors (Lipinski definition) is 4. The first-order chi connectivity index (χ1) is 17.7. The molecule has 0 aliphatic carbocycles. The van der Waals surface area contributed by atoms with E-state index in [0.29, 0.717) is 43.2 Å². The molecule has 0 aliphatic rings. The van der Waals surface area contributed by atoms with E-state index in [2.05, 4.69) is 22.2 Å². The van der Waals surface area contributed by atoms with Crippen molar-refractivity contribution in [1.29, 1.82) is 0 Å². The highest BCUT2D eigenvalue weighted by molar-refractivity contribution is 7.92. The van der Waals surface area contributed by atoms with Crippen LogP contribution in [0.3, 0.4) is 0 Å². The van der Waals surface area contributed by atoms with Crippen molar-refractivity contribution in [3.63, 3.8) is 0 Å². The quantitative estimate of drug-likeness (QED) is 0.233. The van der Waals surface area contributed by atoms with E-state index in [1.807, 2.05) is 50.2 Å². The van der Waals surface area contributed by atoms with Crippen LogP contribution in [0.5, 0.6) is 17.2 Å². The third-order valence-electron chi connectivity index (χ3n) is 5.68. The Morgan fingerprint density at radius 1 is 0.865 bits per heavy atom. The Bertz CT molecular complexity index is 1250. The van der Waals surface area contributed by atoms with Gasteiger partial charge in [-0.05, 0) is 67.6 Å². The summed E-state index contributed by atoms with van der Waals surface area (Å²) in [5, 5.41) is 24.3. The predicted octanol–water partition coefficient (Wildman–Crippen LogP) is 4.04. The van der Waals surface area contributed by atoms with Crippen LogP contribution in [0.15, 0.2) is 66.7 Å². The minimum Gasteiger partial charge on any atom is -0.506 e. The van der Waals surface area contributed by atoms with Crippen LogP contribution in [0.1, 0.15) is 36.6 Å². The first-order valence-electron chi connectivity index (χ1n) is 12.3. The summed E-state index contributed by atoms with van der Waals surface area (Å²) in [6, 6.07) is 20.5. The second kappa shape index (κ2) is 13.3. The molecule has 0 heterocycles. The Hall–Kier alpha value is -3.27. The van der Waals surface area contributed by atoms with Crippen LogP contribution in [-0.2, 0) is 22.9 Å². The van der Waals surface area contributed by atoms with Gasteiger partial charge in [-0.15, -0.1) is 0 Å². The molecule has 3 aromatic rings. The average molecular weight is 529 g/mol. The van der Waals surface area contributed by atoms with Crippen molar-refractivity contribution in [1.82, 2.24) is 5.32 Å².